The zero-order valence-electron chi connectivity index (χ0n) is 16.4. The van der Waals surface area contributed by atoms with Crippen LogP contribution in [0, 0.1) is 0 Å². The minimum Gasteiger partial charge on any atom is -0.489 e. The van der Waals surface area contributed by atoms with Crippen LogP contribution in [0.3, 0.4) is 0 Å². The van der Waals surface area contributed by atoms with Gasteiger partial charge in [0.1, 0.15) is 0 Å². The van der Waals surface area contributed by atoms with Gasteiger partial charge < -0.3 is 19.7 Å². The standard InChI is InChI=1S/C24H25N3O2/c1-2-4-18(5-3-1)16-25-24-23-21(10-13-29-23)22(17-26-24)19-6-8-20(9-7-19)27-11-14-28-15-12-27/h1-9,17H,10-16H2,(H,25,26). The highest BCUT2D eigenvalue weighted by Crippen LogP contribution is 2.39. The van der Waals surface area contributed by atoms with E-state index in [0.717, 1.165) is 56.4 Å². The van der Waals surface area contributed by atoms with Gasteiger partial charge in [-0.25, -0.2) is 4.98 Å². The van der Waals surface area contributed by atoms with Crippen LogP contribution in [-0.2, 0) is 17.7 Å². The highest BCUT2D eigenvalue weighted by Gasteiger charge is 2.22. The minimum atomic E-state index is 0.708. The van der Waals surface area contributed by atoms with Crippen LogP contribution in [0.25, 0.3) is 11.1 Å². The second-order valence-electron chi connectivity index (χ2n) is 7.41. The van der Waals surface area contributed by atoms with Crippen LogP contribution >= 0.6 is 0 Å². The number of hydrogen-bond donors (Lipinski definition) is 1. The zero-order valence-corrected chi connectivity index (χ0v) is 16.4. The molecule has 148 valence electrons. The van der Waals surface area contributed by atoms with Crippen LogP contribution in [0.15, 0.2) is 60.8 Å². The molecule has 3 heterocycles. The molecule has 0 unspecified atom stereocenters. The summed E-state index contributed by atoms with van der Waals surface area (Å²) in [5.74, 6) is 1.73. The van der Waals surface area contributed by atoms with Crippen LogP contribution < -0.4 is 15.0 Å². The van der Waals surface area contributed by atoms with Gasteiger partial charge in [0.25, 0.3) is 0 Å². The average Bonchev–Trinajstić information content (AvgIpc) is 3.29. The number of ether oxygens (including phenoxy) is 2. The van der Waals surface area contributed by atoms with E-state index in [9.17, 15) is 0 Å². The molecule has 5 nitrogen and oxygen atoms in total. The number of fused-ring (bicyclic) bond motifs is 1. The van der Waals surface area contributed by atoms with Crippen LogP contribution in [-0.4, -0.2) is 37.9 Å². The molecule has 0 bridgehead atoms. The van der Waals surface area contributed by atoms with Crippen molar-refractivity contribution in [1.29, 1.82) is 0 Å². The Labute approximate surface area is 171 Å². The van der Waals surface area contributed by atoms with E-state index in [2.05, 4.69) is 58.7 Å². The van der Waals surface area contributed by atoms with Crippen LogP contribution in [0.4, 0.5) is 11.5 Å². The number of pyridine rings is 1. The second-order valence-corrected chi connectivity index (χ2v) is 7.41. The van der Waals surface area contributed by atoms with E-state index in [-0.39, 0.29) is 0 Å². The molecule has 2 aromatic carbocycles. The van der Waals surface area contributed by atoms with Crippen molar-refractivity contribution < 1.29 is 9.47 Å². The number of hydrogen-bond acceptors (Lipinski definition) is 5. The molecule has 2 aliphatic heterocycles. The lowest BCUT2D eigenvalue weighted by atomic mass is 9.99. The molecule has 0 saturated carbocycles. The summed E-state index contributed by atoms with van der Waals surface area (Å²) in [5, 5.41) is 3.44. The molecule has 1 fully saturated rings. The molecule has 29 heavy (non-hydrogen) atoms. The Bertz CT molecular complexity index is 967. The van der Waals surface area contributed by atoms with Crippen LogP contribution in [0.2, 0.25) is 0 Å². The topological polar surface area (TPSA) is 46.6 Å². The van der Waals surface area contributed by atoms with Gasteiger partial charge in [0.15, 0.2) is 11.6 Å². The minimum absolute atomic E-state index is 0.708. The Balaban J connectivity index is 1.37. The number of benzene rings is 2. The molecule has 2 aliphatic rings. The summed E-state index contributed by atoms with van der Waals surface area (Å²) in [4.78, 5) is 7.06. The third kappa shape index (κ3) is 3.78. The Kier molecular flexibility index (Phi) is 5.05. The molecule has 0 amide bonds. The number of anilines is 2. The summed E-state index contributed by atoms with van der Waals surface area (Å²) in [6.07, 6.45) is 2.89. The fourth-order valence-electron chi connectivity index (χ4n) is 4.02. The first-order valence-electron chi connectivity index (χ1n) is 10.2. The Morgan fingerprint density at radius 1 is 0.931 bits per heavy atom. The highest BCUT2D eigenvalue weighted by atomic mass is 16.5. The molecule has 5 heteroatoms. The van der Waals surface area contributed by atoms with E-state index in [1.165, 1.54) is 22.4 Å². The summed E-state index contributed by atoms with van der Waals surface area (Å²) >= 11 is 0. The van der Waals surface area contributed by atoms with E-state index in [1.807, 2.05) is 12.3 Å². The van der Waals surface area contributed by atoms with Gasteiger partial charge in [0, 0.05) is 49.1 Å². The predicted octanol–water partition coefficient (Wildman–Crippen LogP) is 4.13. The second kappa shape index (κ2) is 8.13. The van der Waals surface area contributed by atoms with Crippen LogP contribution in [0.5, 0.6) is 5.75 Å². The average molecular weight is 387 g/mol. The van der Waals surface area contributed by atoms with Gasteiger partial charge in [-0.05, 0) is 23.3 Å². The predicted molar refractivity (Wildman–Crippen MR) is 116 cm³/mol. The maximum Gasteiger partial charge on any atom is 0.169 e. The number of nitrogens with zero attached hydrogens (tertiary/aromatic N) is 2. The number of aromatic nitrogens is 1. The lowest BCUT2D eigenvalue weighted by Crippen LogP contribution is -2.36. The van der Waals surface area contributed by atoms with Crippen molar-refractivity contribution in [2.24, 2.45) is 0 Å². The number of nitrogens with one attached hydrogen (secondary N) is 1. The lowest BCUT2D eigenvalue weighted by Gasteiger charge is -2.29. The fraction of sp³-hybridized carbons (Fsp3) is 0.292. The van der Waals surface area contributed by atoms with Crippen LogP contribution in [0.1, 0.15) is 11.1 Å². The number of morpholine rings is 1. The first-order chi connectivity index (χ1) is 14.4. The molecule has 1 saturated heterocycles. The van der Waals surface area contributed by atoms with Gasteiger partial charge in [-0.15, -0.1) is 0 Å². The molecular weight excluding hydrogens is 362 g/mol. The molecule has 1 N–H and O–H groups in total. The molecule has 0 spiro atoms. The van der Waals surface area contributed by atoms with Crippen molar-refractivity contribution in [2.75, 3.05) is 43.1 Å². The SMILES string of the molecule is c1ccc(CNc2ncc(-c3ccc(N4CCOCC4)cc3)c3c2OCC3)cc1. The molecule has 0 radical (unpaired) electrons. The van der Waals surface area contributed by atoms with E-state index in [1.54, 1.807) is 0 Å². The normalized spacial score (nSPS) is 15.7. The number of rotatable bonds is 5. The Hall–Kier alpha value is -3.05. The Morgan fingerprint density at radius 3 is 2.52 bits per heavy atom. The Morgan fingerprint density at radius 2 is 1.72 bits per heavy atom. The molecule has 1 aromatic heterocycles. The molecular formula is C24H25N3O2. The highest BCUT2D eigenvalue weighted by molar-refractivity contribution is 5.75. The van der Waals surface area contributed by atoms with Gasteiger partial charge in [0.2, 0.25) is 0 Å². The van der Waals surface area contributed by atoms with Crippen molar-refractivity contribution in [3.8, 4) is 16.9 Å². The maximum atomic E-state index is 5.95. The summed E-state index contributed by atoms with van der Waals surface area (Å²) < 4.78 is 11.4. The third-order valence-corrected chi connectivity index (χ3v) is 5.59. The van der Waals surface area contributed by atoms with Crippen molar-refractivity contribution >= 4 is 11.5 Å². The third-order valence-electron chi connectivity index (χ3n) is 5.59. The van der Waals surface area contributed by atoms with Gasteiger partial charge in [-0.3, -0.25) is 0 Å². The van der Waals surface area contributed by atoms with E-state index >= 15 is 0 Å². The summed E-state index contributed by atoms with van der Waals surface area (Å²) in [6, 6.07) is 19.1. The monoisotopic (exact) mass is 387 g/mol. The first-order valence-corrected chi connectivity index (χ1v) is 10.2. The smallest absolute Gasteiger partial charge is 0.169 e. The summed E-state index contributed by atoms with van der Waals surface area (Å²) in [5.41, 5.74) is 6.07. The van der Waals surface area contributed by atoms with Gasteiger partial charge in [0.05, 0.1) is 19.8 Å². The van der Waals surface area contributed by atoms with Gasteiger partial charge in [-0.1, -0.05) is 42.5 Å². The molecule has 3 aromatic rings. The van der Waals surface area contributed by atoms with Crippen molar-refractivity contribution in [3.63, 3.8) is 0 Å². The molecule has 0 atom stereocenters. The fourth-order valence-corrected chi connectivity index (χ4v) is 4.02. The molecule has 0 aliphatic carbocycles. The van der Waals surface area contributed by atoms with E-state index < -0.39 is 0 Å². The van der Waals surface area contributed by atoms with E-state index in [4.69, 9.17) is 14.5 Å². The van der Waals surface area contributed by atoms with Crippen molar-refractivity contribution in [3.05, 3.63) is 71.9 Å². The van der Waals surface area contributed by atoms with Crippen molar-refractivity contribution in [1.82, 2.24) is 4.98 Å². The van der Waals surface area contributed by atoms with E-state index in [0.29, 0.717) is 6.61 Å². The van der Waals surface area contributed by atoms with Gasteiger partial charge >= 0.3 is 0 Å². The van der Waals surface area contributed by atoms with Crippen molar-refractivity contribution in [2.45, 2.75) is 13.0 Å². The quantitative estimate of drug-likeness (QED) is 0.713. The van der Waals surface area contributed by atoms with Gasteiger partial charge in [-0.2, -0.15) is 0 Å². The maximum absolute atomic E-state index is 5.95. The lowest BCUT2D eigenvalue weighted by molar-refractivity contribution is 0.122. The molecule has 5 rings (SSSR count). The largest absolute Gasteiger partial charge is 0.489 e. The summed E-state index contributed by atoms with van der Waals surface area (Å²) in [6.45, 7) is 4.94. The zero-order chi connectivity index (χ0) is 19.5. The summed E-state index contributed by atoms with van der Waals surface area (Å²) in [7, 11) is 0. The first kappa shape index (κ1) is 18.0.